The van der Waals surface area contributed by atoms with Gasteiger partial charge in [0, 0.05) is 12.5 Å². The Labute approximate surface area is 97.9 Å². The largest absolute Gasteiger partial charge is 0.507 e. The molecule has 0 aromatic heterocycles. The fourth-order valence-corrected chi connectivity index (χ4v) is 1.34. The summed E-state index contributed by atoms with van der Waals surface area (Å²) in [5, 5.41) is 9.45. The molecule has 82 valence electrons. The first-order chi connectivity index (χ1) is 7.63. The standard InChI is InChI=1S/C12H10O3S/c1-9(14)16-6-2-3-11-7-10(8-13)4-5-12(11)15/h4-5,7-8,15H,6H2,1H3. The Balaban J connectivity index is 2.79. The third-order valence-electron chi connectivity index (χ3n) is 1.73. The number of aromatic hydroxyl groups is 1. The quantitative estimate of drug-likeness (QED) is 0.626. The van der Waals surface area contributed by atoms with Gasteiger partial charge in [0.1, 0.15) is 12.0 Å². The zero-order valence-corrected chi connectivity index (χ0v) is 9.50. The summed E-state index contributed by atoms with van der Waals surface area (Å²) in [5.74, 6) is 5.86. The van der Waals surface area contributed by atoms with Crippen LogP contribution in [-0.4, -0.2) is 22.3 Å². The third kappa shape index (κ3) is 3.79. The van der Waals surface area contributed by atoms with Crippen molar-refractivity contribution in [1.82, 2.24) is 0 Å². The lowest BCUT2D eigenvalue weighted by Gasteiger charge is -1.96. The summed E-state index contributed by atoms with van der Waals surface area (Å²) in [6.45, 7) is 1.47. The van der Waals surface area contributed by atoms with Crippen LogP contribution in [0.15, 0.2) is 18.2 Å². The van der Waals surface area contributed by atoms with Crippen molar-refractivity contribution in [2.75, 3.05) is 5.75 Å². The zero-order valence-electron chi connectivity index (χ0n) is 8.69. The number of carbonyl (C=O) groups excluding carboxylic acids is 2. The van der Waals surface area contributed by atoms with Crippen molar-refractivity contribution in [3.05, 3.63) is 29.3 Å². The molecule has 4 heteroatoms. The predicted octanol–water partition coefficient (Wildman–Crippen LogP) is 1.84. The maximum atomic E-state index is 10.6. The van der Waals surface area contributed by atoms with Crippen molar-refractivity contribution < 1.29 is 14.7 Å². The second-order valence-corrected chi connectivity index (χ2v) is 4.13. The number of benzene rings is 1. The highest BCUT2D eigenvalue weighted by molar-refractivity contribution is 8.13. The van der Waals surface area contributed by atoms with Crippen LogP contribution in [0.5, 0.6) is 5.75 Å². The van der Waals surface area contributed by atoms with E-state index in [4.69, 9.17) is 0 Å². The summed E-state index contributed by atoms with van der Waals surface area (Å²) in [6, 6.07) is 4.44. The van der Waals surface area contributed by atoms with E-state index < -0.39 is 0 Å². The van der Waals surface area contributed by atoms with E-state index in [1.807, 2.05) is 0 Å². The summed E-state index contributed by atoms with van der Waals surface area (Å²) in [7, 11) is 0. The molecule has 0 heterocycles. The van der Waals surface area contributed by atoms with E-state index >= 15 is 0 Å². The maximum absolute atomic E-state index is 10.6. The average molecular weight is 234 g/mol. The summed E-state index contributed by atoms with van der Waals surface area (Å²) in [5.41, 5.74) is 0.857. The molecular formula is C12H10O3S. The van der Waals surface area contributed by atoms with Crippen LogP contribution in [0.4, 0.5) is 0 Å². The fraction of sp³-hybridized carbons (Fsp3) is 0.167. The van der Waals surface area contributed by atoms with Gasteiger partial charge in [-0.15, -0.1) is 0 Å². The molecule has 0 saturated carbocycles. The highest BCUT2D eigenvalue weighted by Crippen LogP contribution is 2.16. The van der Waals surface area contributed by atoms with Crippen molar-refractivity contribution in [3.8, 4) is 17.6 Å². The number of phenolic OH excluding ortho intramolecular Hbond substituents is 1. The van der Waals surface area contributed by atoms with Crippen LogP contribution in [-0.2, 0) is 4.79 Å². The predicted molar refractivity (Wildman–Crippen MR) is 63.5 cm³/mol. The minimum Gasteiger partial charge on any atom is -0.507 e. The van der Waals surface area contributed by atoms with Gasteiger partial charge < -0.3 is 5.11 Å². The lowest BCUT2D eigenvalue weighted by atomic mass is 10.1. The van der Waals surface area contributed by atoms with Crippen LogP contribution in [0.1, 0.15) is 22.8 Å². The fourth-order valence-electron chi connectivity index (χ4n) is 0.996. The van der Waals surface area contributed by atoms with Gasteiger partial charge in [0.25, 0.3) is 0 Å². The highest BCUT2D eigenvalue weighted by atomic mass is 32.2. The number of carbonyl (C=O) groups is 2. The smallest absolute Gasteiger partial charge is 0.186 e. The molecule has 0 bridgehead atoms. The maximum Gasteiger partial charge on any atom is 0.186 e. The van der Waals surface area contributed by atoms with Crippen molar-refractivity contribution in [2.45, 2.75) is 6.92 Å². The monoisotopic (exact) mass is 234 g/mol. The highest BCUT2D eigenvalue weighted by Gasteiger charge is 1.98. The molecule has 1 N–H and O–H groups in total. The molecule has 0 aliphatic carbocycles. The van der Waals surface area contributed by atoms with Gasteiger partial charge >= 0.3 is 0 Å². The Morgan fingerprint density at radius 3 is 2.94 bits per heavy atom. The van der Waals surface area contributed by atoms with E-state index in [2.05, 4.69) is 11.8 Å². The normalized spacial score (nSPS) is 9.06. The Morgan fingerprint density at radius 2 is 2.31 bits per heavy atom. The van der Waals surface area contributed by atoms with Crippen LogP contribution < -0.4 is 0 Å². The summed E-state index contributed by atoms with van der Waals surface area (Å²) >= 11 is 1.10. The van der Waals surface area contributed by atoms with Crippen molar-refractivity contribution in [3.63, 3.8) is 0 Å². The second-order valence-electron chi connectivity index (χ2n) is 2.98. The minimum atomic E-state index is 0.000152. The number of hydrogen-bond donors (Lipinski definition) is 1. The molecule has 0 aliphatic heterocycles. The van der Waals surface area contributed by atoms with Crippen LogP contribution in [0.2, 0.25) is 0 Å². The SMILES string of the molecule is CC(=O)SCC#Cc1cc(C=O)ccc1O. The number of rotatable bonds is 2. The van der Waals surface area contributed by atoms with Crippen molar-refractivity contribution in [1.29, 1.82) is 0 Å². The first-order valence-corrected chi connectivity index (χ1v) is 5.52. The van der Waals surface area contributed by atoms with Gasteiger partial charge in [-0.2, -0.15) is 0 Å². The Bertz CT molecular complexity index is 469. The van der Waals surface area contributed by atoms with Gasteiger partial charge in [-0.1, -0.05) is 23.6 Å². The summed E-state index contributed by atoms with van der Waals surface area (Å²) in [6.07, 6.45) is 0.689. The third-order valence-corrected chi connectivity index (χ3v) is 2.42. The average Bonchev–Trinajstić information content (AvgIpc) is 2.26. The topological polar surface area (TPSA) is 54.4 Å². The van der Waals surface area contributed by atoms with Gasteiger partial charge in [0.15, 0.2) is 5.12 Å². The van der Waals surface area contributed by atoms with E-state index in [-0.39, 0.29) is 10.9 Å². The van der Waals surface area contributed by atoms with Gasteiger partial charge in [0.2, 0.25) is 0 Å². The summed E-state index contributed by atoms with van der Waals surface area (Å²) < 4.78 is 0. The number of phenols is 1. The van der Waals surface area contributed by atoms with E-state index in [0.717, 1.165) is 11.8 Å². The molecular weight excluding hydrogens is 224 g/mol. The van der Waals surface area contributed by atoms with Crippen LogP contribution in [0.25, 0.3) is 0 Å². The molecule has 1 aromatic rings. The molecule has 0 spiro atoms. The van der Waals surface area contributed by atoms with E-state index in [9.17, 15) is 14.7 Å². The molecule has 0 aliphatic rings. The molecule has 0 amide bonds. The number of aldehydes is 1. The summed E-state index contributed by atoms with van der Waals surface area (Å²) in [4.78, 5) is 21.1. The Hall–Kier alpha value is -1.73. The molecule has 1 rings (SSSR count). The van der Waals surface area contributed by atoms with Gasteiger partial charge in [0.05, 0.1) is 11.3 Å². The van der Waals surface area contributed by atoms with E-state index in [1.54, 1.807) is 0 Å². The molecule has 0 unspecified atom stereocenters. The molecule has 16 heavy (non-hydrogen) atoms. The van der Waals surface area contributed by atoms with E-state index in [1.165, 1.54) is 25.1 Å². The molecule has 0 fully saturated rings. The molecule has 1 aromatic carbocycles. The van der Waals surface area contributed by atoms with Crippen LogP contribution in [0.3, 0.4) is 0 Å². The molecule has 3 nitrogen and oxygen atoms in total. The molecule has 0 atom stereocenters. The van der Waals surface area contributed by atoms with Gasteiger partial charge in [-0.05, 0) is 18.2 Å². The second kappa shape index (κ2) is 5.99. The number of hydrogen-bond acceptors (Lipinski definition) is 4. The van der Waals surface area contributed by atoms with Crippen LogP contribution in [0, 0.1) is 11.8 Å². The zero-order chi connectivity index (χ0) is 12.0. The van der Waals surface area contributed by atoms with Crippen LogP contribution >= 0.6 is 11.8 Å². The Kier molecular flexibility index (Phi) is 4.62. The lowest BCUT2D eigenvalue weighted by molar-refractivity contribution is -0.109. The minimum absolute atomic E-state index is 0.000152. The molecule has 0 saturated heterocycles. The van der Waals surface area contributed by atoms with E-state index in [0.29, 0.717) is 23.2 Å². The Morgan fingerprint density at radius 1 is 1.56 bits per heavy atom. The molecule has 0 radical (unpaired) electrons. The first kappa shape index (κ1) is 12.3. The first-order valence-electron chi connectivity index (χ1n) is 4.54. The van der Waals surface area contributed by atoms with Crippen molar-refractivity contribution >= 4 is 23.2 Å². The van der Waals surface area contributed by atoms with Crippen molar-refractivity contribution in [2.24, 2.45) is 0 Å². The number of thioether (sulfide) groups is 1. The lowest BCUT2D eigenvalue weighted by Crippen LogP contribution is -1.85. The van der Waals surface area contributed by atoms with Gasteiger partial charge in [-0.25, -0.2) is 0 Å². The van der Waals surface area contributed by atoms with Gasteiger partial charge in [-0.3, -0.25) is 9.59 Å².